The van der Waals surface area contributed by atoms with Gasteiger partial charge in [0, 0.05) is 36.4 Å². The van der Waals surface area contributed by atoms with Crippen molar-refractivity contribution >= 4 is 9.24 Å². The molecule has 224 valence electrons. The lowest BCUT2D eigenvalue weighted by Crippen LogP contribution is -2.33. The predicted molar refractivity (Wildman–Crippen MR) is 162 cm³/mol. The molecule has 3 rings (SSSR count). The zero-order valence-electron chi connectivity index (χ0n) is 25.3. The van der Waals surface area contributed by atoms with E-state index >= 15 is 0 Å². The molecule has 10 heteroatoms. The van der Waals surface area contributed by atoms with Gasteiger partial charge < -0.3 is 42.6 Å². The lowest BCUT2D eigenvalue weighted by molar-refractivity contribution is 0.322. The Balaban J connectivity index is 2.78. The van der Waals surface area contributed by atoms with Gasteiger partial charge in [0.1, 0.15) is 51.7 Å². The van der Waals surface area contributed by atoms with Crippen LogP contribution in [0.4, 0.5) is 0 Å². The van der Waals surface area contributed by atoms with Crippen molar-refractivity contribution in [3.63, 3.8) is 0 Å². The molecule has 1 unspecified atom stereocenters. The van der Waals surface area contributed by atoms with Crippen molar-refractivity contribution in [1.29, 1.82) is 0 Å². The maximum Gasteiger partial charge on any atom is 0.130 e. The van der Waals surface area contributed by atoms with E-state index < -0.39 is 5.41 Å². The zero-order chi connectivity index (χ0) is 30.2. The van der Waals surface area contributed by atoms with Crippen molar-refractivity contribution in [1.82, 2.24) is 0 Å². The van der Waals surface area contributed by atoms with E-state index in [1.54, 1.807) is 64.0 Å². The Hall–Kier alpha value is -3.71. The second-order valence-electron chi connectivity index (χ2n) is 9.02. The Morgan fingerprint density at radius 1 is 0.439 bits per heavy atom. The molecule has 3 aromatic rings. The molecule has 0 N–H and O–H groups in total. The standard InChI is InChI=1S/C31H41O9P/c1-32-19-13-22(35-4)28(23(14-19)36-5)31(11-10-12-41,29-24(37-6)15-20(33-2)16-25(29)38-7)30-26(39-8)17-21(34-3)18-27(30)40-9/h13-18H,10-12,41H2,1-9H3. The summed E-state index contributed by atoms with van der Waals surface area (Å²) in [7, 11) is 17.3. The molecule has 0 amide bonds. The summed E-state index contributed by atoms with van der Waals surface area (Å²) in [5, 5.41) is 0. The number of hydrogen-bond donors (Lipinski definition) is 0. The highest BCUT2D eigenvalue weighted by Crippen LogP contribution is 2.61. The van der Waals surface area contributed by atoms with E-state index in [0.29, 0.717) is 74.9 Å². The van der Waals surface area contributed by atoms with Gasteiger partial charge in [0.15, 0.2) is 0 Å². The molecule has 0 aliphatic rings. The molecule has 3 aromatic carbocycles. The SMILES string of the molecule is COc1cc(OC)c(C(CCCP)(c2c(OC)cc(OC)cc2OC)c2c(OC)cc(OC)cc2OC)c(OC)c1. The number of methoxy groups -OCH3 is 9. The van der Waals surface area contributed by atoms with Gasteiger partial charge in [0.25, 0.3) is 0 Å². The molecule has 0 radical (unpaired) electrons. The van der Waals surface area contributed by atoms with Crippen molar-refractivity contribution in [3.05, 3.63) is 53.1 Å². The van der Waals surface area contributed by atoms with Crippen molar-refractivity contribution in [2.45, 2.75) is 18.3 Å². The van der Waals surface area contributed by atoms with Gasteiger partial charge in [-0.15, -0.1) is 9.24 Å². The van der Waals surface area contributed by atoms with Crippen LogP contribution in [0.3, 0.4) is 0 Å². The van der Waals surface area contributed by atoms with Crippen molar-refractivity contribution in [2.75, 3.05) is 70.2 Å². The van der Waals surface area contributed by atoms with Crippen molar-refractivity contribution in [3.8, 4) is 51.7 Å². The molecule has 0 heterocycles. The van der Waals surface area contributed by atoms with Crippen LogP contribution < -0.4 is 42.6 Å². The van der Waals surface area contributed by atoms with Gasteiger partial charge in [0.2, 0.25) is 0 Å². The number of hydrogen-bond acceptors (Lipinski definition) is 9. The van der Waals surface area contributed by atoms with Crippen LogP contribution in [0.1, 0.15) is 29.5 Å². The highest BCUT2D eigenvalue weighted by Gasteiger charge is 2.49. The van der Waals surface area contributed by atoms with E-state index in [9.17, 15) is 0 Å². The van der Waals surface area contributed by atoms with E-state index in [2.05, 4.69) is 9.24 Å². The van der Waals surface area contributed by atoms with E-state index in [1.807, 2.05) is 36.4 Å². The van der Waals surface area contributed by atoms with E-state index in [0.717, 1.165) is 12.6 Å². The van der Waals surface area contributed by atoms with Gasteiger partial charge in [-0.1, -0.05) is 0 Å². The molecule has 0 saturated carbocycles. The lowest BCUT2D eigenvalue weighted by Gasteiger charge is -2.40. The highest BCUT2D eigenvalue weighted by molar-refractivity contribution is 7.16. The Labute approximate surface area is 245 Å². The van der Waals surface area contributed by atoms with E-state index in [-0.39, 0.29) is 0 Å². The third-order valence-corrected chi connectivity index (χ3v) is 7.59. The van der Waals surface area contributed by atoms with Crippen molar-refractivity contribution < 1.29 is 42.6 Å². The van der Waals surface area contributed by atoms with Crippen LogP contribution in [0.5, 0.6) is 51.7 Å². The Morgan fingerprint density at radius 3 is 0.854 bits per heavy atom. The molecule has 0 fully saturated rings. The summed E-state index contributed by atoms with van der Waals surface area (Å²) in [4.78, 5) is 0. The molecule has 0 saturated heterocycles. The number of ether oxygens (including phenoxy) is 9. The predicted octanol–water partition coefficient (Wildman–Crippen LogP) is 5.75. The van der Waals surface area contributed by atoms with Gasteiger partial charge in [-0.3, -0.25) is 0 Å². The highest BCUT2D eigenvalue weighted by atomic mass is 31.0. The first-order valence-corrected chi connectivity index (χ1v) is 13.8. The van der Waals surface area contributed by atoms with Crippen molar-refractivity contribution in [2.24, 2.45) is 0 Å². The van der Waals surface area contributed by atoms with Gasteiger partial charge in [-0.05, 0) is 19.0 Å². The molecule has 0 bridgehead atoms. The van der Waals surface area contributed by atoms with Crippen LogP contribution in [0.2, 0.25) is 0 Å². The van der Waals surface area contributed by atoms with Gasteiger partial charge in [0.05, 0.1) is 86.1 Å². The van der Waals surface area contributed by atoms with Crippen LogP contribution in [-0.2, 0) is 5.41 Å². The molecular weight excluding hydrogens is 547 g/mol. The topological polar surface area (TPSA) is 83.1 Å². The third kappa shape index (κ3) is 5.87. The normalized spacial score (nSPS) is 11.0. The molecule has 0 spiro atoms. The van der Waals surface area contributed by atoms with Gasteiger partial charge >= 0.3 is 0 Å². The van der Waals surface area contributed by atoms with Crippen LogP contribution in [0.15, 0.2) is 36.4 Å². The van der Waals surface area contributed by atoms with Crippen LogP contribution in [0, 0.1) is 0 Å². The third-order valence-electron chi connectivity index (χ3n) is 7.18. The average molecular weight is 589 g/mol. The molecule has 0 aliphatic heterocycles. The largest absolute Gasteiger partial charge is 0.496 e. The minimum atomic E-state index is -1.08. The molecule has 1 atom stereocenters. The number of rotatable bonds is 15. The first-order chi connectivity index (χ1) is 19.9. The summed E-state index contributed by atoms with van der Waals surface area (Å²) >= 11 is 0. The fourth-order valence-corrected chi connectivity index (χ4v) is 5.60. The molecule has 0 aromatic heterocycles. The minimum Gasteiger partial charge on any atom is -0.496 e. The summed E-state index contributed by atoms with van der Waals surface area (Å²) in [6.45, 7) is 0. The minimum absolute atomic E-state index is 0.532. The second kappa shape index (κ2) is 14.3. The molecular formula is C31H41O9P. The average Bonchev–Trinajstić information content (AvgIpc) is 3.03. The second-order valence-corrected chi connectivity index (χ2v) is 9.60. The Kier molecular flexibility index (Phi) is 11.1. The summed E-state index contributed by atoms with van der Waals surface area (Å²) in [5.41, 5.74) is 1.06. The van der Waals surface area contributed by atoms with Crippen LogP contribution in [-0.4, -0.2) is 70.2 Å². The fourth-order valence-electron chi connectivity index (χ4n) is 5.40. The monoisotopic (exact) mass is 588 g/mol. The zero-order valence-corrected chi connectivity index (χ0v) is 26.5. The maximum atomic E-state index is 6.07. The molecule has 41 heavy (non-hydrogen) atoms. The Bertz CT molecular complexity index is 1100. The fraction of sp³-hybridized carbons (Fsp3) is 0.419. The van der Waals surface area contributed by atoms with E-state index in [4.69, 9.17) is 42.6 Å². The molecule has 9 nitrogen and oxygen atoms in total. The number of benzene rings is 3. The van der Waals surface area contributed by atoms with Crippen LogP contribution >= 0.6 is 9.24 Å². The molecule has 0 aliphatic carbocycles. The van der Waals surface area contributed by atoms with Crippen LogP contribution in [0.25, 0.3) is 0 Å². The summed E-state index contributed by atoms with van der Waals surface area (Å²) in [6, 6.07) is 11.0. The first-order valence-electron chi connectivity index (χ1n) is 13.0. The quantitative estimate of drug-likeness (QED) is 0.163. The summed E-state index contributed by atoms with van der Waals surface area (Å²) in [5.74, 6) is 4.91. The lowest BCUT2D eigenvalue weighted by atomic mass is 9.64. The first kappa shape index (κ1) is 31.8. The smallest absolute Gasteiger partial charge is 0.130 e. The maximum absolute atomic E-state index is 6.07. The van der Waals surface area contributed by atoms with Gasteiger partial charge in [-0.25, -0.2) is 0 Å². The summed E-state index contributed by atoms with van der Waals surface area (Å²) < 4.78 is 53.2. The van der Waals surface area contributed by atoms with E-state index in [1.165, 1.54) is 0 Å². The summed E-state index contributed by atoms with van der Waals surface area (Å²) in [6.07, 6.45) is 2.12. The van der Waals surface area contributed by atoms with Gasteiger partial charge in [-0.2, -0.15) is 0 Å². The Morgan fingerprint density at radius 2 is 0.683 bits per heavy atom.